The molecule has 3 aromatic rings. The highest BCUT2D eigenvalue weighted by molar-refractivity contribution is 5.91. The summed E-state index contributed by atoms with van der Waals surface area (Å²) in [5.74, 6) is -1.19. The first kappa shape index (κ1) is 19.9. The molecule has 3 rings (SSSR count). The summed E-state index contributed by atoms with van der Waals surface area (Å²) in [4.78, 5) is 13.0. The monoisotopic (exact) mass is 396 g/mol. The van der Waals surface area contributed by atoms with Gasteiger partial charge in [-0.15, -0.1) is 0 Å². The molecule has 1 aromatic heterocycles. The van der Waals surface area contributed by atoms with Crippen molar-refractivity contribution in [2.24, 2.45) is 0 Å². The Bertz CT molecular complexity index is 1200. The van der Waals surface area contributed by atoms with E-state index in [4.69, 9.17) is 13.9 Å². The van der Waals surface area contributed by atoms with Crippen LogP contribution in [-0.2, 0) is 0 Å². The molecular formula is C22H20O7. The maximum atomic E-state index is 13.0. The fourth-order valence-electron chi connectivity index (χ4n) is 2.92. The van der Waals surface area contributed by atoms with E-state index >= 15 is 0 Å². The molecule has 0 saturated carbocycles. The van der Waals surface area contributed by atoms with Crippen molar-refractivity contribution in [2.75, 3.05) is 14.2 Å². The minimum atomic E-state index is -0.633. The van der Waals surface area contributed by atoms with E-state index in [-0.39, 0.29) is 39.7 Å². The Morgan fingerprint density at radius 1 is 1.07 bits per heavy atom. The minimum Gasteiger partial charge on any atom is -0.507 e. The van der Waals surface area contributed by atoms with Crippen LogP contribution in [-0.4, -0.2) is 29.5 Å². The third kappa shape index (κ3) is 3.50. The number of phenolic OH excluding ortho intramolecular Hbond substituents is 3. The Kier molecular flexibility index (Phi) is 5.23. The smallest absolute Gasteiger partial charge is 0.239 e. The molecule has 7 heteroatoms. The van der Waals surface area contributed by atoms with Crippen molar-refractivity contribution in [3.05, 3.63) is 58.3 Å². The summed E-state index contributed by atoms with van der Waals surface area (Å²) in [5, 5.41) is 30.3. The van der Waals surface area contributed by atoms with Crippen LogP contribution in [0.2, 0.25) is 0 Å². The molecule has 0 bridgehead atoms. The maximum Gasteiger partial charge on any atom is 0.239 e. The summed E-state index contributed by atoms with van der Waals surface area (Å²) >= 11 is 0. The van der Waals surface area contributed by atoms with Gasteiger partial charge in [-0.1, -0.05) is 24.3 Å². The van der Waals surface area contributed by atoms with Crippen LogP contribution in [0.4, 0.5) is 0 Å². The molecule has 1 heterocycles. The second kappa shape index (κ2) is 7.63. The molecule has 0 unspecified atom stereocenters. The third-order valence-corrected chi connectivity index (χ3v) is 4.30. The molecule has 2 aromatic carbocycles. The highest BCUT2D eigenvalue weighted by atomic mass is 16.5. The fraction of sp³-hybridized carbons (Fsp3) is 0.136. The molecule has 3 N–H and O–H groups in total. The lowest BCUT2D eigenvalue weighted by molar-refractivity contribution is 0.345. The minimum absolute atomic E-state index is 0.0355. The predicted molar refractivity (Wildman–Crippen MR) is 110 cm³/mol. The number of hydrogen-bond donors (Lipinski definition) is 3. The molecule has 0 atom stereocenters. The third-order valence-electron chi connectivity index (χ3n) is 4.30. The van der Waals surface area contributed by atoms with Crippen LogP contribution in [0.3, 0.4) is 0 Å². The van der Waals surface area contributed by atoms with Crippen molar-refractivity contribution < 1.29 is 29.2 Å². The van der Waals surface area contributed by atoms with Gasteiger partial charge in [0.05, 0.1) is 14.2 Å². The Morgan fingerprint density at radius 2 is 1.76 bits per heavy atom. The molecular weight excluding hydrogens is 376 g/mol. The second-order valence-electron chi connectivity index (χ2n) is 6.40. The van der Waals surface area contributed by atoms with Crippen molar-refractivity contribution in [3.8, 4) is 40.1 Å². The first-order valence-electron chi connectivity index (χ1n) is 8.59. The molecule has 29 heavy (non-hydrogen) atoms. The number of aromatic hydroxyl groups is 3. The van der Waals surface area contributed by atoms with E-state index < -0.39 is 11.2 Å². The van der Waals surface area contributed by atoms with E-state index in [9.17, 15) is 20.1 Å². The molecule has 0 radical (unpaired) electrons. The highest BCUT2D eigenvalue weighted by Gasteiger charge is 2.23. The average Bonchev–Trinajstić information content (AvgIpc) is 2.67. The van der Waals surface area contributed by atoms with Gasteiger partial charge in [-0.2, -0.15) is 0 Å². The van der Waals surface area contributed by atoms with E-state index in [1.807, 2.05) is 6.92 Å². The lowest BCUT2D eigenvalue weighted by Gasteiger charge is -2.13. The van der Waals surface area contributed by atoms with Crippen LogP contribution in [0.25, 0.3) is 28.4 Å². The molecule has 0 aliphatic heterocycles. The first-order valence-corrected chi connectivity index (χ1v) is 8.59. The molecule has 0 spiro atoms. The largest absolute Gasteiger partial charge is 0.507 e. The number of allylic oxidation sites excluding steroid dienone is 2. The predicted octanol–water partition coefficient (Wildman–Crippen LogP) is 4.18. The number of benzene rings is 2. The molecule has 0 aliphatic rings. The van der Waals surface area contributed by atoms with Crippen LogP contribution >= 0.6 is 0 Å². The fourth-order valence-corrected chi connectivity index (χ4v) is 2.92. The Labute approximate surface area is 166 Å². The Hall–Kier alpha value is -3.87. The van der Waals surface area contributed by atoms with Crippen molar-refractivity contribution in [3.63, 3.8) is 0 Å². The number of fused-ring (bicyclic) bond motifs is 1. The summed E-state index contributed by atoms with van der Waals surface area (Å²) in [6.45, 7) is 5.59. The van der Waals surface area contributed by atoms with Gasteiger partial charge in [0.2, 0.25) is 16.9 Å². The zero-order chi connectivity index (χ0) is 21.3. The zero-order valence-corrected chi connectivity index (χ0v) is 16.1. The van der Waals surface area contributed by atoms with Gasteiger partial charge in [-0.3, -0.25) is 4.79 Å². The average molecular weight is 396 g/mol. The van der Waals surface area contributed by atoms with Gasteiger partial charge in [-0.05, 0) is 25.1 Å². The molecule has 0 saturated heterocycles. The molecule has 0 fully saturated rings. The van der Waals surface area contributed by atoms with Crippen LogP contribution in [0.5, 0.6) is 28.7 Å². The Balaban J connectivity index is 2.32. The standard InChI is InChI=1S/C22H20O7/c1-11(2)5-6-12-9-13(7-8-14(12)23)20-22(28-4)19(26)17-16(29-20)10-15(24)21(27-3)18(17)25/h5-10,23-25H,1H2,2-4H3. The SMILES string of the molecule is C=C(C)C=Cc1cc(-c2oc3cc(O)c(OC)c(O)c3c(=O)c2OC)ccc1O. The van der Waals surface area contributed by atoms with E-state index in [2.05, 4.69) is 6.58 Å². The van der Waals surface area contributed by atoms with E-state index in [1.54, 1.807) is 24.3 Å². The molecule has 7 nitrogen and oxygen atoms in total. The van der Waals surface area contributed by atoms with Gasteiger partial charge in [-0.25, -0.2) is 0 Å². The number of hydrogen-bond acceptors (Lipinski definition) is 7. The van der Waals surface area contributed by atoms with Crippen LogP contribution in [0, 0.1) is 0 Å². The normalized spacial score (nSPS) is 11.1. The molecule has 0 amide bonds. The van der Waals surface area contributed by atoms with Gasteiger partial charge in [0, 0.05) is 17.2 Å². The lowest BCUT2D eigenvalue weighted by atomic mass is 10.0. The number of rotatable bonds is 5. The summed E-state index contributed by atoms with van der Waals surface area (Å²) < 4.78 is 16.0. The van der Waals surface area contributed by atoms with Gasteiger partial charge >= 0.3 is 0 Å². The van der Waals surface area contributed by atoms with Crippen molar-refractivity contribution >= 4 is 17.0 Å². The number of phenols is 3. The quantitative estimate of drug-likeness (QED) is 0.555. The zero-order valence-electron chi connectivity index (χ0n) is 16.1. The van der Waals surface area contributed by atoms with Gasteiger partial charge in [0.25, 0.3) is 0 Å². The van der Waals surface area contributed by atoms with Gasteiger partial charge in [0.15, 0.2) is 17.3 Å². The van der Waals surface area contributed by atoms with Gasteiger partial charge in [0.1, 0.15) is 16.7 Å². The first-order chi connectivity index (χ1) is 13.8. The summed E-state index contributed by atoms with van der Waals surface area (Å²) in [5.41, 5.74) is 1.05. The maximum absolute atomic E-state index is 13.0. The van der Waals surface area contributed by atoms with Crippen LogP contribution in [0.15, 0.2) is 51.7 Å². The van der Waals surface area contributed by atoms with Crippen molar-refractivity contribution in [1.82, 2.24) is 0 Å². The number of methoxy groups -OCH3 is 2. The second-order valence-corrected chi connectivity index (χ2v) is 6.40. The summed E-state index contributed by atoms with van der Waals surface area (Å²) in [6, 6.07) is 5.81. The van der Waals surface area contributed by atoms with Gasteiger partial charge < -0.3 is 29.2 Å². The summed E-state index contributed by atoms with van der Waals surface area (Å²) in [7, 11) is 2.56. The molecule has 0 aliphatic carbocycles. The summed E-state index contributed by atoms with van der Waals surface area (Å²) in [6.07, 6.45) is 3.41. The van der Waals surface area contributed by atoms with E-state index in [0.29, 0.717) is 11.1 Å². The van der Waals surface area contributed by atoms with E-state index in [1.165, 1.54) is 26.4 Å². The van der Waals surface area contributed by atoms with Crippen molar-refractivity contribution in [1.29, 1.82) is 0 Å². The van der Waals surface area contributed by atoms with Crippen molar-refractivity contribution in [2.45, 2.75) is 6.92 Å². The van der Waals surface area contributed by atoms with E-state index in [0.717, 1.165) is 5.57 Å². The topological polar surface area (TPSA) is 109 Å². The number of ether oxygens (including phenoxy) is 2. The highest BCUT2D eigenvalue weighted by Crippen LogP contribution is 2.43. The molecule has 150 valence electrons. The lowest BCUT2D eigenvalue weighted by Crippen LogP contribution is -2.08. The Morgan fingerprint density at radius 3 is 2.38 bits per heavy atom. The van der Waals surface area contributed by atoms with Crippen LogP contribution < -0.4 is 14.9 Å². The van der Waals surface area contributed by atoms with Crippen LogP contribution in [0.1, 0.15) is 12.5 Å².